The Morgan fingerprint density at radius 1 is 1.30 bits per heavy atom. The Bertz CT molecular complexity index is 615. The van der Waals surface area contributed by atoms with Gasteiger partial charge in [0.2, 0.25) is 0 Å². The van der Waals surface area contributed by atoms with Gasteiger partial charge in [-0.1, -0.05) is 6.42 Å². The number of halogens is 1. The highest BCUT2D eigenvalue weighted by molar-refractivity contribution is 9.10. The Labute approximate surface area is 130 Å². The quantitative estimate of drug-likeness (QED) is 0.814. The van der Waals surface area contributed by atoms with Crippen LogP contribution in [0.4, 0.5) is 5.82 Å². The van der Waals surface area contributed by atoms with E-state index in [1.54, 1.807) is 17.5 Å². The van der Waals surface area contributed by atoms with E-state index >= 15 is 0 Å². The summed E-state index contributed by atoms with van der Waals surface area (Å²) in [6, 6.07) is 5.75. The van der Waals surface area contributed by atoms with Crippen molar-refractivity contribution in [3.05, 3.63) is 44.2 Å². The summed E-state index contributed by atoms with van der Waals surface area (Å²) in [5.41, 5.74) is 1.36. The number of hydrogen-bond donors (Lipinski definition) is 1. The van der Waals surface area contributed by atoms with Crippen LogP contribution in [0.5, 0.6) is 0 Å². The average molecular weight is 351 g/mol. The maximum absolute atomic E-state index is 12.3. The minimum atomic E-state index is -0.0672. The fourth-order valence-electron chi connectivity index (χ4n) is 2.43. The number of rotatable bonds is 2. The van der Waals surface area contributed by atoms with E-state index in [4.69, 9.17) is 0 Å². The van der Waals surface area contributed by atoms with Crippen molar-refractivity contribution in [2.45, 2.75) is 32.1 Å². The van der Waals surface area contributed by atoms with Gasteiger partial charge in [-0.15, -0.1) is 11.3 Å². The molecule has 0 spiro atoms. The van der Waals surface area contributed by atoms with E-state index in [-0.39, 0.29) is 5.91 Å². The molecule has 1 N–H and O–H groups in total. The molecule has 20 heavy (non-hydrogen) atoms. The molecule has 0 aromatic carbocycles. The lowest BCUT2D eigenvalue weighted by Crippen LogP contribution is -2.11. The number of hydrogen-bond acceptors (Lipinski definition) is 3. The first-order chi connectivity index (χ1) is 9.74. The summed E-state index contributed by atoms with van der Waals surface area (Å²) >= 11 is 5.02. The predicted molar refractivity (Wildman–Crippen MR) is 85.5 cm³/mol. The molecule has 2 aromatic rings. The molecule has 0 saturated carbocycles. The second-order valence-electron chi connectivity index (χ2n) is 4.91. The molecule has 1 amide bonds. The summed E-state index contributed by atoms with van der Waals surface area (Å²) in [6.07, 6.45) is 7.65. The molecule has 5 heteroatoms. The molecule has 1 aliphatic carbocycles. The van der Waals surface area contributed by atoms with Crippen LogP contribution in [0.15, 0.2) is 28.9 Å². The molecule has 3 rings (SSSR count). The number of amides is 1. The number of aryl methyl sites for hydroxylation is 2. The van der Waals surface area contributed by atoms with E-state index in [2.05, 4.69) is 32.3 Å². The van der Waals surface area contributed by atoms with Gasteiger partial charge in [-0.2, -0.15) is 0 Å². The zero-order valence-electron chi connectivity index (χ0n) is 11.0. The molecular formula is C15H15BrN2OS. The van der Waals surface area contributed by atoms with Crippen molar-refractivity contribution >= 4 is 39.0 Å². The number of aromatic nitrogens is 1. The first-order valence-corrected chi connectivity index (χ1v) is 8.38. The van der Waals surface area contributed by atoms with E-state index in [0.717, 1.165) is 22.2 Å². The van der Waals surface area contributed by atoms with Gasteiger partial charge in [-0.05, 0) is 65.4 Å². The highest BCUT2D eigenvalue weighted by atomic mass is 79.9. The molecule has 0 radical (unpaired) electrons. The Hall–Kier alpha value is -1.20. The molecule has 0 fully saturated rings. The molecule has 0 aliphatic heterocycles. The van der Waals surface area contributed by atoms with Gasteiger partial charge >= 0.3 is 0 Å². The van der Waals surface area contributed by atoms with Crippen LogP contribution >= 0.6 is 27.3 Å². The fraction of sp³-hybridized carbons (Fsp3) is 0.333. The van der Waals surface area contributed by atoms with Gasteiger partial charge in [0.05, 0.1) is 9.35 Å². The highest BCUT2D eigenvalue weighted by Crippen LogP contribution is 2.29. The number of nitrogens with zero attached hydrogens (tertiary/aromatic N) is 1. The first kappa shape index (κ1) is 13.8. The third kappa shape index (κ3) is 2.94. The average Bonchev–Trinajstić information content (AvgIpc) is 2.73. The number of fused-ring (bicyclic) bond motifs is 1. The lowest BCUT2D eigenvalue weighted by molar-refractivity contribution is 0.103. The predicted octanol–water partition coefficient (Wildman–Crippen LogP) is 4.43. The Morgan fingerprint density at radius 3 is 3.00 bits per heavy atom. The summed E-state index contributed by atoms with van der Waals surface area (Å²) in [6.45, 7) is 0. The summed E-state index contributed by atoms with van der Waals surface area (Å²) < 4.78 is 0.798. The van der Waals surface area contributed by atoms with Crippen LogP contribution in [0, 0.1) is 0 Å². The number of carbonyl (C=O) groups excluding carboxylic acids is 1. The SMILES string of the molecule is O=C(Nc1ncccc1Br)c1cc2c(s1)CCCCC2. The van der Waals surface area contributed by atoms with Gasteiger partial charge in [0.25, 0.3) is 5.91 Å². The molecule has 0 saturated heterocycles. The lowest BCUT2D eigenvalue weighted by Gasteiger charge is -2.04. The third-order valence-electron chi connectivity index (χ3n) is 3.46. The van der Waals surface area contributed by atoms with Crippen molar-refractivity contribution in [2.24, 2.45) is 0 Å². The number of pyridine rings is 1. The minimum absolute atomic E-state index is 0.0672. The molecule has 0 bridgehead atoms. The van der Waals surface area contributed by atoms with Gasteiger partial charge in [-0.3, -0.25) is 4.79 Å². The van der Waals surface area contributed by atoms with Gasteiger partial charge in [0, 0.05) is 11.1 Å². The molecule has 1 aliphatic rings. The van der Waals surface area contributed by atoms with Gasteiger partial charge < -0.3 is 5.32 Å². The van der Waals surface area contributed by atoms with Crippen LogP contribution < -0.4 is 5.32 Å². The Morgan fingerprint density at radius 2 is 2.15 bits per heavy atom. The van der Waals surface area contributed by atoms with Gasteiger partial charge in [-0.25, -0.2) is 4.98 Å². The van der Waals surface area contributed by atoms with Crippen LogP contribution in [-0.4, -0.2) is 10.9 Å². The summed E-state index contributed by atoms with van der Waals surface area (Å²) in [4.78, 5) is 18.6. The van der Waals surface area contributed by atoms with E-state index < -0.39 is 0 Å². The maximum Gasteiger partial charge on any atom is 0.266 e. The first-order valence-electron chi connectivity index (χ1n) is 6.77. The van der Waals surface area contributed by atoms with Crippen LogP contribution in [0.2, 0.25) is 0 Å². The van der Waals surface area contributed by atoms with E-state index in [9.17, 15) is 4.79 Å². The second kappa shape index (κ2) is 6.06. The number of carbonyl (C=O) groups is 1. The normalized spacial score (nSPS) is 14.4. The maximum atomic E-state index is 12.3. The molecule has 2 aromatic heterocycles. The fourth-order valence-corrected chi connectivity index (χ4v) is 3.93. The molecule has 104 valence electrons. The van der Waals surface area contributed by atoms with Crippen molar-refractivity contribution in [1.82, 2.24) is 4.98 Å². The lowest BCUT2D eigenvalue weighted by atomic mass is 10.1. The molecular weight excluding hydrogens is 336 g/mol. The zero-order valence-corrected chi connectivity index (χ0v) is 13.4. The summed E-state index contributed by atoms with van der Waals surface area (Å²) in [5.74, 6) is 0.503. The standard InChI is InChI=1S/C15H15BrN2OS/c16-11-6-4-8-17-14(11)18-15(19)13-9-10-5-2-1-3-7-12(10)20-13/h4,6,8-9H,1-3,5,7H2,(H,17,18,19). The van der Waals surface area contributed by atoms with Crippen LogP contribution in [0.3, 0.4) is 0 Å². The van der Waals surface area contributed by atoms with Crippen LogP contribution in [0.1, 0.15) is 39.4 Å². The molecule has 2 heterocycles. The van der Waals surface area contributed by atoms with Crippen LogP contribution in [0.25, 0.3) is 0 Å². The van der Waals surface area contributed by atoms with Crippen molar-refractivity contribution in [2.75, 3.05) is 5.32 Å². The summed E-state index contributed by atoms with van der Waals surface area (Å²) in [7, 11) is 0. The Kier molecular flexibility index (Phi) is 4.17. The summed E-state index contributed by atoms with van der Waals surface area (Å²) in [5, 5.41) is 2.86. The number of nitrogens with one attached hydrogen (secondary N) is 1. The monoisotopic (exact) mass is 350 g/mol. The van der Waals surface area contributed by atoms with E-state index in [1.165, 1.54) is 29.7 Å². The largest absolute Gasteiger partial charge is 0.305 e. The van der Waals surface area contributed by atoms with Crippen molar-refractivity contribution in [3.63, 3.8) is 0 Å². The number of thiophene rings is 1. The van der Waals surface area contributed by atoms with Crippen molar-refractivity contribution in [1.29, 1.82) is 0 Å². The van der Waals surface area contributed by atoms with Crippen molar-refractivity contribution < 1.29 is 4.79 Å². The van der Waals surface area contributed by atoms with Crippen LogP contribution in [-0.2, 0) is 12.8 Å². The highest BCUT2D eigenvalue weighted by Gasteiger charge is 2.17. The van der Waals surface area contributed by atoms with Gasteiger partial charge in [0.15, 0.2) is 0 Å². The number of anilines is 1. The van der Waals surface area contributed by atoms with E-state index in [0.29, 0.717) is 5.82 Å². The topological polar surface area (TPSA) is 42.0 Å². The van der Waals surface area contributed by atoms with Gasteiger partial charge in [0.1, 0.15) is 5.82 Å². The van der Waals surface area contributed by atoms with E-state index in [1.807, 2.05) is 12.1 Å². The zero-order chi connectivity index (χ0) is 13.9. The van der Waals surface area contributed by atoms with Crippen molar-refractivity contribution in [3.8, 4) is 0 Å². The molecule has 3 nitrogen and oxygen atoms in total. The Balaban J connectivity index is 1.79. The molecule has 0 atom stereocenters. The second-order valence-corrected chi connectivity index (χ2v) is 6.90. The third-order valence-corrected chi connectivity index (χ3v) is 5.34. The smallest absolute Gasteiger partial charge is 0.266 e. The minimum Gasteiger partial charge on any atom is -0.305 e. The molecule has 0 unspecified atom stereocenters.